The van der Waals surface area contributed by atoms with Crippen molar-refractivity contribution in [2.75, 3.05) is 11.1 Å². The van der Waals surface area contributed by atoms with E-state index in [1.807, 2.05) is 25.1 Å². The minimum atomic E-state index is 0.0174. The number of aryl methyl sites for hydroxylation is 1. The van der Waals surface area contributed by atoms with Crippen LogP contribution in [-0.2, 0) is 4.79 Å². The molecule has 1 fully saturated rings. The van der Waals surface area contributed by atoms with Crippen LogP contribution in [0.5, 0.6) is 0 Å². The summed E-state index contributed by atoms with van der Waals surface area (Å²) in [5.41, 5.74) is 15.9. The van der Waals surface area contributed by atoms with Crippen LogP contribution < -0.4 is 16.8 Å². The molecular formula is C21H19N5O. The van der Waals surface area contributed by atoms with E-state index in [4.69, 9.17) is 11.5 Å². The Morgan fingerprint density at radius 2 is 2.07 bits per heavy atom. The van der Waals surface area contributed by atoms with Gasteiger partial charge in [0, 0.05) is 47.1 Å². The Balaban J connectivity index is 1.89. The van der Waals surface area contributed by atoms with Crippen molar-refractivity contribution in [2.24, 2.45) is 11.7 Å². The van der Waals surface area contributed by atoms with E-state index in [0.717, 1.165) is 40.3 Å². The Labute approximate surface area is 157 Å². The van der Waals surface area contributed by atoms with Gasteiger partial charge in [-0.25, -0.2) is 4.98 Å². The summed E-state index contributed by atoms with van der Waals surface area (Å²) in [6, 6.07) is 8.21. The number of rotatable bonds is 3. The highest BCUT2D eigenvalue weighted by Gasteiger charge is 2.29. The lowest BCUT2D eigenvalue weighted by atomic mass is 9.93. The van der Waals surface area contributed by atoms with E-state index < -0.39 is 0 Å². The molecule has 0 bridgehead atoms. The first-order valence-electron chi connectivity index (χ1n) is 8.74. The molecule has 6 nitrogen and oxygen atoms in total. The summed E-state index contributed by atoms with van der Waals surface area (Å²) in [6.07, 6.45) is 7.08. The summed E-state index contributed by atoms with van der Waals surface area (Å²) in [5.74, 6) is 3.56. The van der Waals surface area contributed by atoms with Crippen molar-refractivity contribution in [3.05, 3.63) is 47.9 Å². The predicted octanol–water partition coefficient (Wildman–Crippen LogP) is 2.80. The highest BCUT2D eigenvalue weighted by Crippen LogP contribution is 2.36. The third-order valence-corrected chi connectivity index (χ3v) is 4.79. The van der Waals surface area contributed by atoms with Gasteiger partial charge < -0.3 is 16.8 Å². The Morgan fingerprint density at radius 1 is 1.26 bits per heavy atom. The standard InChI is InChI=1S/C21H19N5O/c1-12-5-7-24-10-17(12)16-8-14-9-19(26-21(27)13-2-3-13)25-11-18(14)20(23)15(16)4-6-22/h5,7-11,13H,2-3,22-23H2,1H3,(H,25,26,27). The number of nitrogens with one attached hydrogen (secondary N) is 1. The molecule has 5 N–H and O–H groups in total. The number of anilines is 2. The molecule has 1 aromatic carbocycles. The van der Waals surface area contributed by atoms with E-state index in [-0.39, 0.29) is 11.8 Å². The summed E-state index contributed by atoms with van der Waals surface area (Å²) < 4.78 is 0. The van der Waals surface area contributed by atoms with Gasteiger partial charge in [0.2, 0.25) is 5.91 Å². The maximum Gasteiger partial charge on any atom is 0.228 e. The van der Waals surface area contributed by atoms with Crippen molar-refractivity contribution >= 4 is 28.2 Å². The van der Waals surface area contributed by atoms with Crippen LogP contribution in [0.1, 0.15) is 24.0 Å². The van der Waals surface area contributed by atoms with Crippen LogP contribution in [0.15, 0.2) is 36.8 Å². The number of hydrogen-bond acceptors (Lipinski definition) is 5. The van der Waals surface area contributed by atoms with E-state index in [0.29, 0.717) is 17.1 Å². The van der Waals surface area contributed by atoms with E-state index in [1.54, 1.807) is 18.6 Å². The third kappa shape index (κ3) is 3.15. The zero-order valence-corrected chi connectivity index (χ0v) is 14.9. The van der Waals surface area contributed by atoms with Gasteiger partial charge in [-0.05, 0) is 54.8 Å². The number of aromatic nitrogens is 2. The zero-order valence-electron chi connectivity index (χ0n) is 14.9. The predicted molar refractivity (Wildman–Crippen MR) is 107 cm³/mol. The second kappa shape index (κ2) is 6.61. The smallest absolute Gasteiger partial charge is 0.228 e. The van der Waals surface area contributed by atoms with E-state index in [2.05, 4.69) is 27.2 Å². The van der Waals surface area contributed by atoms with Crippen molar-refractivity contribution in [1.82, 2.24) is 9.97 Å². The Bertz CT molecular complexity index is 1120. The topological polar surface area (TPSA) is 107 Å². The van der Waals surface area contributed by atoms with Gasteiger partial charge in [0.25, 0.3) is 0 Å². The molecule has 0 radical (unpaired) electrons. The normalized spacial score (nSPS) is 13.1. The van der Waals surface area contributed by atoms with E-state index >= 15 is 0 Å². The summed E-state index contributed by atoms with van der Waals surface area (Å²) in [7, 11) is 0. The van der Waals surface area contributed by atoms with Gasteiger partial charge >= 0.3 is 0 Å². The molecule has 4 rings (SSSR count). The van der Waals surface area contributed by atoms with Crippen molar-refractivity contribution < 1.29 is 4.79 Å². The van der Waals surface area contributed by atoms with Crippen LogP contribution >= 0.6 is 0 Å². The van der Waals surface area contributed by atoms with Crippen LogP contribution in [0.4, 0.5) is 11.5 Å². The lowest BCUT2D eigenvalue weighted by Crippen LogP contribution is -2.14. The molecule has 1 aliphatic rings. The molecule has 27 heavy (non-hydrogen) atoms. The molecule has 1 saturated carbocycles. The molecule has 3 aromatic rings. The summed E-state index contributed by atoms with van der Waals surface area (Å²) >= 11 is 0. The first-order chi connectivity index (χ1) is 13.1. The lowest BCUT2D eigenvalue weighted by Gasteiger charge is -2.14. The van der Waals surface area contributed by atoms with Crippen LogP contribution in [0, 0.1) is 24.8 Å². The van der Waals surface area contributed by atoms with Gasteiger partial charge in [-0.3, -0.25) is 9.78 Å². The molecule has 1 aliphatic carbocycles. The number of nitrogens with two attached hydrogens (primary N) is 2. The average Bonchev–Trinajstić information content (AvgIpc) is 3.50. The number of amides is 1. The largest absolute Gasteiger partial charge is 0.397 e. The Hall–Kier alpha value is -3.59. The van der Waals surface area contributed by atoms with Crippen molar-refractivity contribution in [2.45, 2.75) is 19.8 Å². The van der Waals surface area contributed by atoms with Crippen LogP contribution in [-0.4, -0.2) is 15.9 Å². The maximum absolute atomic E-state index is 12.0. The van der Waals surface area contributed by atoms with E-state index in [1.165, 1.54) is 0 Å². The first kappa shape index (κ1) is 16.9. The Kier molecular flexibility index (Phi) is 4.13. The minimum absolute atomic E-state index is 0.0174. The highest BCUT2D eigenvalue weighted by molar-refractivity contribution is 6.03. The van der Waals surface area contributed by atoms with Gasteiger partial charge in [0.1, 0.15) is 5.82 Å². The van der Waals surface area contributed by atoms with Gasteiger partial charge in [-0.15, -0.1) is 0 Å². The fourth-order valence-corrected chi connectivity index (χ4v) is 3.13. The SMILES string of the molecule is Cc1ccncc1-c1cc2cc(NC(=O)C3CC3)ncc2c(N)c1C#CN. The van der Waals surface area contributed by atoms with Gasteiger partial charge in [-0.2, -0.15) is 0 Å². The van der Waals surface area contributed by atoms with Crippen LogP contribution in [0.2, 0.25) is 0 Å². The number of carbonyl (C=O) groups excluding carboxylic acids is 1. The van der Waals surface area contributed by atoms with Gasteiger partial charge in [0.05, 0.1) is 11.3 Å². The molecule has 0 saturated heterocycles. The van der Waals surface area contributed by atoms with Gasteiger partial charge in [0.15, 0.2) is 0 Å². The monoisotopic (exact) mass is 357 g/mol. The maximum atomic E-state index is 12.0. The summed E-state index contributed by atoms with van der Waals surface area (Å²) in [4.78, 5) is 20.6. The summed E-state index contributed by atoms with van der Waals surface area (Å²) in [5, 5.41) is 4.51. The van der Waals surface area contributed by atoms with Crippen LogP contribution in [0.25, 0.3) is 21.9 Å². The average molecular weight is 357 g/mol. The fourth-order valence-electron chi connectivity index (χ4n) is 3.13. The summed E-state index contributed by atoms with van der Waals surface area (Å²) in [6.45, 7) is 2.00. The van der Waals surface area contributed by atoms with E-state index in [9.17, 15) is 4.79 Å². The molecule has 2 heterocycles. The molecule has 134 valence electrons. The molecule has 0 atom stereocenters. The number of benzene rings is 1. The number of nitrogen functional groups attached to an aromatic ring is 1. The quantitative estimate of drug-likeness (QED) is 0.380. The molecular weight excluding hydrogens is 338 g/mol. The lowest BCUT2D eigenvalue weighted by molar-refractivity contribution is -0.117. The number of fused-ring (bicyclic) bond motifs is 1. The second-order valence-electron chi connectivity index (χ2n) is 6.73. The van der Waals surface area contributed by atoms with Gasteiger partial charge in [-0.1, -0.05) is 0 Å². The second-order valence-corrected chi connectivity index (χ2v) is 6.73. The molecule has 2 aromatic heterocycles. The number of pyridine rings is 2. The third-order valence-electron chi connectivity index (χ3n) is 4.79. The molecule has 0 spiro atoms. The minimum Gasteiger partial charge on any atom is -0.397 e. The first-order valence-corrected chi connectivity index (χ1v) is 8.74. The number of nitrogens with zero attached hydrogens (tertiary/aromatic N) is 2. The number of carbonyl (C=O) groups is 1. The molecule has 0 unspecified atom stereocenters. The number of hydrogen-bond donors (Lipinski definition) is 3. The molecule has 1 amide bonds. The van der Waals surface area contributed by atoms with Crippen LogP contribution in [0.3, 0.4) is 0 Å². The zero-order chi connectivity index (χ0) is 19.0. The molecule has 6 heteroatoms. The highest BCUT2D eigenvalue weighted by atomic mass is 16.2. The van der Waals surface area contributed by atoms with Crippen molar-refractivity contribution in [1.29, 1.82) is 0 Å². The fraction of sp³-hybridized carbons (Fsp3) is 0.190. The molecule has 0 aliphatic heterocycles. The van der Waals surface area contributed by atoms with Crippen molar-refractivity contribution in [3.63, 3.8) is 0 Å². The van der Waals surface area contributed by atoms with Crippen molar-refractivity contribution in [3.8, 4) is 23.1 Å². The Morgan fingerprint density at radius 3 is 2.78 bits per heavy atom.